The lowest BCUT2D eigenvalue weighted by Crippen LogP contribution is -2.29. The monoisotopic (exact) mass is 234 g/mol. The molecular formula is C12H14N2OS. The molecule has 1 aromatic heterocycles. The number of nitrogen functional groups attached to an aromatic ring is 1. The summed E-state index contributed by atoms with van der Waals surface area (Å²) >= 11 is 1.54. The van der Waals surface area contributed by atoms with E-state index in [-0.39, 0.29) is 11.9 Å². The molecule has 0 saturated carbocycles. The van der Waals surface area contributed by atoms with Crippen molar-refractivity contribution in [1.82, 2.24) is 5.32 Å². The minimum Gasteiger partial charge on any atom is -0.399 e. The van der Waals surface area contributed by atoms with Gasteiger partial charge in [0.2, 0.25) is 0 Å². The molecule has 2 aromatic rings. The molecule has 1 amide bonds. The molecule has 0 saturated heterocycles. The Labute approximate surface area is 98.3 Å². The quantitative estimate of drug-likeness (QED) is 0.785. The van der Waals surface area contributed by atoms with Gasteiger partial charge in [-0.15, -0.1) is 11.3 Å². The van der Waals surface area contributed by atoms with Gasteiger partial charge in [0, 0.05) is 27.2 Å². The van der Waals surface area contributed by atoms with Crippen molar-refractivity contribution in [3.05, 3.63) is 29.1 Å². The number of thiophene rings is 1. The topological polar surface area (TPSA) is 55.1 Å². The molecule has 0 aliphatic carbocycles. The van der Waals surface area contributed by atoms with E-state index in [9.17, 15) is 4.79 Å². The molecule has 1 aromatic carbocycles. The zero-order valence-corrected chi connectivity index (χ0v) is 10.1. The molecule has 3 nitrogen and oxygen atoms in total. The van der Waals surface area contributed by atoms with E-state index in [2.05, 4.69) is 5.32 Å². The van der Waals surface area contributed by atoms with Gasteiger partial charge in [0.25, 0.3) is 5.91 Å². The molecule has 16 heavy (non-hydrogen) atoms. The number of fused-ring (bicyclic) bond motifs is 1. The maximum Gasteiger partial charge on any atom is 0.252 e. The van der Waals surface area contributed by atoms with Crippen LogP contribution >= 0.6 is 11.3 Å². The first kappa shape index (κ1) is 11.0. The zero-order valence-electron chi connectivity index (χ0n) is 9.28. The van der Waals surface area contributed by atoms with Crippen molar-refractivity contribution < 1.29 is 4.79 Å². The summed E-state index contributed by atoms with van der Waals surface area (Å²) in [4.78, 5) is 11.9. The Morgan fingerprint density at radius 3 is 2.88 bits per heavy atom. The highest BCUT2D eigenvalue weighted by Crippen LogP contribution is 2.27. The number of amides is 1. The Morgan fingerprint density at radius 1 is 1.44 bits per heavy atom. The smallest absolute Gasteiger partial charge is 0.252 e. The molecular weight excluding hydrogens is 220 g/mol. The van der Waals surface area contributed by atoms with Crippen LogP contribution in [-0.4, -0.2) is 11.9 Å². The molecule has 4 heteroatoms. The summed E-state index contributed by atoms with van der Waals surface area (Å²) < 4.78 is 1.05. The summed E-state index contributed by atoms with van der Waals surface area (Å²) in [5.74, 6) is -0.0222. The Morgan fingerprint density at radius 2 is 2.19 bits per heavy atom. The fraction of sp³-hybridized carbons (Fsp3) is 0.250. The van der Waals surface area contributed by atoms with Crippen LogP contribution in [0.1, 0.15) is 24.2 Å². The Hall–Kier alpha value is -1.55. The third kappa shape index (κ3) is 2.02. The van der Waals surface area contributed by atoms with E-state index in [1.54, 1.807) is 11.3 Å². The lowest BCUT2D eigenvalue weighted by Gasteiger charge is -2.07. The van der Waals surface area contributed by atoms with Crippen molar-refractivity contribution in [2.24, 2.45) is 0 Å². The van der Waals surface area contributed by atoms with Gasteiger partial charge in [0.15, 0.2) is 0 Å². The van der Waals surface area contributed by atoms with E-state index in [1.807, 2.05) is 37.4 Å². The van der Waals surface area contributed by atoms with Gasteiger partial charge in [0.1, 0.15) is 0 Å². The van der Waals surface area contributed by atoms with Crippen LogP contribution in [-0.2, 0) is 0 Å². The van der Waals surface area contributed by atoms with Gasteiger partial charge < -0.3 is 11.1 Å². The van der Waals surface area contributed by atoms with Crippen molar-refractivity contribution in [2.75, 3.05) is 5.73 Å². The lowest BCUT2D eigenvalue weighted by atomic mass is 10.1. The first-order chi connectivity index (χ1) is 7.58. The van der Waals surface area contributed by atoms with Gasteiger partial charge in [-0.3, -0.25) is 4.79 Å². The van der Waals surface area contributed by atoms with Crippen molar-refractivity contribution in [2.45, 2.75) is 19.9 Å². The standard InChI is InChI=1S/C12H14N2OS/c1-7(2)14-12(15)10-6-16-11-5-8(13)3-4-9(10)11/h3-7H,13H2,1-2H3,(H,14,15). The summed E-state index contributed by atoms with van der Waals surface area (Å²) in [5, 5.41) is 5.73. The van der Waals surface area contributed by atoms with Gasteiger partial charge in [-0.1, -0.05) is 6.07 Å². The fourth-order valence-corrected chi connectivity index (χ4v) is 2.55. The molecule has 0 radical (unpaired) electrons. The number of benzene rings is 1. The van der Waals surface area contributed by atoms with Crippen LogP contribution < -0.4 is 11.1 Å². The van der Waals surface area contributed by atoms with Gasteiger partial charge in [-0.05, 0) is 26.0 Å². The minimum absolute atomic E-state index is 0.0222. The first-order valence-electron chi connectivity index (χ1n) is 5.15. The van der Waals surface area contributed by atoms with Gasteiger partial charge >= 0.3 is 0 Å². The zero-order chi connectivity index (χ0) is 11.7. The van der Waals surface area contributed by atoms with Crippen molar-refractivity contribution in [1.29, 1.82) is 0 Å². The van der Waals surface area contributed by atoms with E-state index < -0.39 is 0 Å². The van der Waals surface area contributed by atoms with Crippen LogP contribution in [0.3, 0.4) is 0 Å². The fourth-order valence-electron chi connectivity index (χ4n) is 1.56. The normalized spacial score (nSPS) is 10.9. The van der Waals surface area contributed by atoms with Crippen molar-refractivity contribution in [3.63, 3.8) is 0 Å². The number of carbonyl (C=O) groups excluding carboxylic acids is 1. The second-order valence-corrected chi connectivity index (χ2v) is 4.94. The molecule has 0 spiro atoms. The summed E-state index contributed by atoms with van der Waals surface area (Å²) in [6.45, 7) is 3.90. The van der Waals surface area contributed by atoms with Crippen molar-refractivity contribution >= 4 is 33.0 Å². The van der Waals surface area contributed by atoms with Crippen molar-refractivity contribution in [3.8, 4) is 0 Å². The number of hydrogen-bond acceptors (Lipinski definition) is 3. The largest absolute Gasteiger partial charge is 0.399 e. The van der Waals surface area contributed by atoms with Gasteiger partial charge in [-0.25, -0.2) is 0 Å². The van der Waals surface area contributed by atoms with E-state index in [1.165, 1.54) is 0 Å². The molecule has 3 N–H and O–H groups in total. The van der Waals surface area contributed by atoms with E-state index in [0.717, 1.165) is 21.3 Å². The number of anilines is 1. The molecule has 0 aliphatic heterocycles. The minimum atomic E-state index is -0.0222. The van der Waals surface area contributed by atoms with E-state index in [4.69, 9.17) is 5.73 Å². The SMILES string of the molecule is CC(C)NC(=O)c1csc2cc(N)ccc12. The Bertz CT molecular complexity index is 531. The lowest BCUT2D eigenvalue weighted by molar-refractivity contribution is 0.0945. The Kier molecular flexibility index (Phi) is 2.83. The Balaban J connectivity index is 2.42. The molecule has 84 valence electrons. The second-order valence-electron chi connectivity index (χ2n) is 4.03. The molecule has 0 aliphatic rings. The van der Waals surface area contributed by atoms with Crippen LogP contribution in [0, 0.1) is 0 Å². The molecule has 0 unspecified atom stereocenters. The molecule has 0 atom stereocenters. The van der Waals surface area contributed by atoms with Crippen LogP contribution in [0.5, 0.6) is 0 Å². The van der Waals surface area contributed by atoms with Crippen LogP contribution in [0.4, 0.5) is 5.69 Å². The number of rotatable bonds is 2. The number of nitrogens with two attached hydrogens (primary N) is 1. The van der Waals surface area contributed by atoms with Gasteiger partial charge in [-0.2, -0.15) is 0 Å². The van der Waals surface area contributed by atoms with Crippen LogP contribution in [0.2, 0.25) is 0 Å². The summed E-state index contributed by atoms with van der Waals surface area (Å²) in [7, 11) is 0. The average molecular weight is 234 g/mol. The highest BCUT2D eigenvalue weighted by Gasteiger charge is 2.12. The summed E-state index contributed by atoms with van der Waals surface area (Å²) in [5.41, 5.74) is 7.15. The third-order valence-electron chi connectivity index (χ3n) is 2.26. The predicted octanol–water partition coefficient (Wildman–Crippen LogP) is 2.62. The van der Waals surface area contributed by atoms with E-state index >= 15 is 0 Å². The highest BCUT2D eigenvalue weighted by molar-refractivity contribution is 7.17. The second kappa shape index (κ2) is 4.14. The number of hydrogen-bond donors (Lipinski definition) is 2. The molecule has 1 heterocycles. The number of nitrogens with one attached hydrogen (secondary N) is 1. The average Bonchev–Trinajstić information content (AvgIpc) is 2.59. The third-order valence-corrected chi connectivity index (χ3v) is 3.21. The molecule has 0 fully saturated rings. The molecule has 2 rings (SSSR count). The highest BCUT2D eigenvalue weighted by atomic mass is 32.1. The van der Waals surface area contributed by atoms with E-state index in [0.29, 0.717) is 0 Å². The van der Waals surface area contributed by atoms with Crippen LogP contribution in [0.25, 0.3) is 10.1 Å². The first-order valence-corrected chi connectivity index (χ1v) is 6.03. The maximum absolute atomic E-state index is 11.9. The maximum atomic E-state index is 11.9. The number of carbonyl (C=O) groups is 1. The summed E-state index contributed by atoms with van der Waals surface area (Å²) in [6.07, 6.45) is 0. The van der Waals surface area contributed by atoms with Crippen LogP contribution in [0.15, 0.2) is 23.6 Å². The summed E-state index contributed by atoms with van der Waals surface area (Å²) in [6, 6.07) is 5.76. The molecule has 0 bridgehead atoms. The van der Waals surface area contributed by atoms with Gasteiger partial charge in [0.05, 0.1) is 5.56 Å². The predicted molar refractivity (Wildman–Crippen MR) is 68.8 cm³/mol.